The quantitative estimate of drug-likeness (QED) is 0.419. The van der Waals surface area contributed by atoms with Gasteiger partial charge in [-0.1, -0.05) is 12.1 Å². The molecule has 0 heterocycles. The normalized spacial score (nSPS) is 11.2. The van der Waals surface area contributed by atoms with E-state index in [1.54, 1.807) is 31.4 Å². The second-order valence-electron chi connectivity index (χ2n) is 5.76. The lowest BCUT2D eigenvalue weighted by Gasteiger charge is -2.14. The molecule has 0 aromatic heterocycles. The molecule has 1 amide bonds. The van der Waals surface area contributed by atoms with Crippen LogP contribution in [-0.4, -0.2) is 37.1 Å². The van der Waals surface area contributed by atoms with E-state index in [4.69, 9.17) is 14.2 Å². The van der Waals surface area contributed by atoms with Gasteiger partial charge in [-0.2, -0.15) is 0 Å². The molecule has 0 saturated heterocycles. The highest BCUT2D eigenvalue weighted by molar-refractivity contribution is 5.93. The fourth-order valence-electron chi connectivity index (χ4n) is 2.32. The number of nitro benzene ring substituents is 1. The fraction of sp³-hybridized carbons (Fsp3) is 0.263. The molecule has 0 spiro atoms. The number of rotatable bonds is 8. The number of ether oxygens (including phenoxy) is 3. The summed E-state index contributed by atoms with van der Waals surface area (Å²) in [5.41, 5.74) is 0.425. The summed E-state index contributed by atoms with van der Waals surface area (Å²) in [5.74, 6) is -0.622. The van der Waals surface area contributed by atoms with Crippen LogP contribution < -0.4 is 14.8 Å². The largest absolute Gasteiger partial charge is 0.497 e. The van der Waals surface area contributed by atoms with Gasteiger partial charge >= 0.3 is 11.7 Å². The molecule has 0 fully saturated rings. The molecule has 1 N–H and O–H groups in total. The summed E-state index contributed by atoms with van der Waals surface area (Å²) >= 11 is 0. The Hall–Kier alpha value is -3.62. The molecule has 2 aromatic carbocycles. The van der Waals surface area contributed by atoms with Gasteiger partial charge in [0.15, 0.2) is 11.9 Å². The highest BCUT2D eigenvalue weighted by Gasteiger charge is 2.22. The van der Waals surface area contributed by atoms with Crippen molar-refractivity contribution in [3.63, 3.8) is 0 Å². The molecular weight excluding hydrogens is 368 g/mol. The van der Waals surface area contributed by atoms with Gasteiger partial charge in [-0.15, -0.1) is 0 Å². The van der Waals surface area contributed by atoms with E-state index in [0.717, 1.165) is 11.6 Å². The van der Waals surface area contributed by atoms with Crippen LogP contribution in [0.2, 0.25) is 0 Å². The Morgan fingerprint density at radius 3 is 2.36 bits per heavy atom. The molecule has 0 aliphatic heterocycles. The summed E-state index contributed by atoms with van der Waals surface area (Å²) in [6.07, 6.45) is -1.08. The van der Waals surface area contributed by atoms with Gasteiger partial charge in [0.2, 0.25) is 0 Å². The number of methoxy groups -OCH3 is 2. The summed E-state index contributed by atoms with van der Waals surface area (Å²) in [6, 6.07) is 10.8. The van der Waals surface area contributed by atoms with Crippen LogP contribution >= 0.6 is 0 Å². The zero-order chi connectivity index (χ0) is 20.7. The number of amides is 1. The summed E-state index contributed by atoms with van der Waals surface area (Å²) in [5, 5.41) is 13.7. The van der Waals surface area contributed by atoms with Gasteiger partial charge < -0.3 is 19.5 Å². The summed E-state index contributed by atoms with van der Waals surface area (Å²) < 4.78 is 15.0. The van der Waals surface area contributed by atoms with Gasteiger partial charge in [0, 0.05) is 12.6 Å². The number of carbonyl (C=O) groups is 2. The van der Waals surface area contributed by atoms with E-state index < -0.39 is 22.9 Å². The van der Waals surface area contributed by atoms with Gasteiger partial charge in [0.25, 0.3) is 5.91 Å². The van der Waals surface area contributed by atoms with Crippen molar-refractivity contribution in [2.75, 3.05) is 14.2 Å². The Kier molecular flexibility index (Phi) is 6.91. The lowest BCUT2D eigenvalue weighted by atomic mass is 10.2. The van der Waals surface area contributed by atoms with E-state index in [-0.39, 0.29) is 23.5 Å². The number of benzene rings is 2. The van der Waals surface area contributed by atoms with E-state index in [9.17, 15) is 19.7 Å². The van der Waals surface area contributed by atoms with Crippen molar-refractivity contribution in [3.8, 4) is 11.5 Å². The topological polar surface area (TPSA) is 117 Å². The summed E-state index contributed by atoms with van der Waals surface area (Å²) in [4.78, 5) is 34.7. The molecule has 0 radical (unpaired) electrons. The third kappa shape index (κ3) is 5.19. The maximum absolute atomic E-state index is 12.2. The second-order valence-corrected chi connectivity index (χ2v) is 5.76. The third-order valence-electron chi connectivity index (χ3n) is 3.89. The monoisotopic (exact) mass is 388 g/mol. The Morgan fingerprint density at radius 1 is 1.11 bits per heavy atom. The first kappa shape index (κ1) is 20.7. The molecule has 0 saturated carbocycles. The highest BCUT2D eigenvalue weighted by Crippen LogP contribution is 2.27. The molecular formula is C19H20N2O7. The van der Waals surface area contributed by atoms with Gasteiger partial charge in [0.05, 0.1) is 24.7 Å². The number of carbonyl (C=O) groups excluding carboxylic acids is 2. The SMILES string of the molecule is COc1ccc(CNC(=O)[C@H](C)OC(=O)c2ccc(OC)c([N+](=O)[O-])c2)cc1. The fourth-order valence-corrected chi connectivity index (χ4v) is 2.32. The van der Waals surface area contributed by atoms with Crippen molar-refractivity contribution in [3.05, 3.63) is 63.7 Å². The number of nitrogens with zero attached hydrogens (tertiary/aromatic N) is 1. The maximum Gasteiger partial charge on any atom is 0.339 e. The lowest BCUT2D eigenvalue weighted by molar-refractivity contribution is -0.385. The predicted octanol–water partition coefficient (Wildman–Crippen LogP) is 2.47. The van der Waals surface area contributed by atoms with Gasteiger partial charge in [-0.3, -0.25) is 14.9 Å². The lowest BCUT2D eigenvalue weighted by Crippen LogP contribution is -2.35. The molecule has 0 bridgehead atoms. The van der Waals surface area contributed by atoms with E-state index in [1.807, 2.05) is 0 Å². The van der Waals surface area contributed by atoms with E-state index in [2.05, 4.69) is 5.32 Å². The van der Waals surface area contributed by atoms with Crippen molar-refractivity contribution in [1.29, 1.82) is 0 Å². The van der Waals surface area contributed by atoms with Crippen molar-refractivity contribution in [2.24, 2.45) is 0 Å². The average molecular weight is 388 g/mol. The van der Waals surface area contributed by atoms with Gasteiger partial charge in [-0.05, 0) is 36.8 Å². The smallest absolute Gasteiger partial charge is 0.339 e. The number of nitrogens with one attached hydrogen (secondary N) is 1. The maximum atomic E-state index is 12.2. The van der Waals surface area contributed by atoms with Crippen LogP contribution in [0.1, 0.15) is 22.8 Å². The van der Waals surface area contributed by atoms with Crippen LogP contribution in [0.5, 0.6) is 11.5 Å². The Balaban J connectivity index is 1.96. The van der Waals surface area contributed by atoms with E-state index in [0.29, 0.717) is 5.75 Å². The molecule has 9 nitrogen and oxygen atoms in total. The predicted molar refractivity (Wildman–Crippen MR) is 99.4 cm³/mol. The third-order valence-corrected chi connectivity index (χ3v) is 3.89. The molecule has 1 atom stereocenters. The minimum Gasteiger partial charge on any atom is -0.497 e. The molecule has 148 valence electrons. The molecule has 0 aliphatic rings. The summed E-state index contributed by atoms with van der Waals surface area (Å²) in [7, 11) is 2.85. The first-order valence-corrected chi connectivity index (χ1v) is 8.29. The van der Waals surface area contributed by atoms with Crippen LogP contribution in [0.4, 0.5) is 5.69 Å². The molecule has 0 unspecified atom stereocenters. The minimum atomic E-state index is -1.08. The molecule has 28 heavy (non-hydrogen) atoms. The van der Waals surface area contributed by atoms with Gasteiger partial charge in [-0.25, -0.2) is 4.79 Å². The van der Waals surface area contributed by atoms with Crippen LogP contribution in [0, 0.1) is 10.1 Å². The average Bonchev–Trinajstić information content (AvgIpc) is 2.71. The minimum absolute atomic E-state index is 0.0202. The zero-order valence-corrected chi connectivity index (χ0v) is 15.6. The molecule has 2 rings (SSSR count). The first-order valence-electron chi connectivity index (χ1n) is 8.29. The molecule has 0 aliphatic carbocycles. The van der Waals surface area contributed by atoms with Crippen molar-refractivity contribution >= 4 is 17.6 Å². The van der Waals surface area contributed by atoms with Crippen molar-refractivity contribution in [2.45, 2.75) is 19.6 Å². The molecule has 2 aromatic rings. The van der Waals surface area contributed by atoms with E-state index >= 15 is 0 Å². The van der Waals surface area contributed by atoms with Crippen molar-refractivity contribution < 1.29 is 28.7 Å². The number of hydrogen-bond acceptors (Lipinski definition) is 7. The zero-order valence-electron chi connectivity index (χ0n) is 15.6. The second kappa shape index (κ2) is 9.36. The Bertz CT molecular complexity index is 865. The van der Waals surface area contributed by atoms with Crippen LogP contribution in [0.3, 0.4) is 0 Å². The van der Waals surface area contributed by atoms with Crippen molar-refractivity contribution in [1.82, 2.24) is 5.32 Å². The first-order chi connectivity index (χ1) is 13.3. The van der Waals surface area contributed by atoms with E-state index in [1.165, 1.54) is 26.2 Å². The number of hydrogen-bond donors (Lipinski definition) is 1. The molecule has 9 heteroatoms. The summed E-state index contributed by atoms with van der Waals surface area (Å²) in [6.45, 7) is 1.66. The van der Waals surface area contributed by atoms with Crippen LogP contribution in [0.25, 0.3) is 0 Å². The van der Waals surface area contributed by atoms with Crippen LogP contribution in [-0.2, 0) is 16.1 Å². The van der Waals surface area contributed by atoms with Gasteiger partial charge in [0.1, 0.15) is 5.75 Å². The number of nitro groups is 1. The Morgan fingerprint density at radius 2 is 1.79 bits per heavy atom. The number of esters is 1. The van der Waals surface area contributed by atoms with Crippen LogP contribution in [0.15, 0.2) is 42.5 Å². The Labute approximate surface area is 161 Å². The standard InChI is InChI=1S/C19H20N2O7/c1-12(18(22)20-11-13-4-7-15(26-2)8-5-13)28-19(23)14-6-9-17(27-3)16(10-14)21(24)25/h4-10,12H,11H2,1-3H3,(H,20,22)/t12-/m0/s1. The highest BCUT2D eigenvalue weighted by atomic mass is 16.6.